The van der Waals surface area contributed by atoms with Gasteiger partial charge in [-0.05, 0) is 61.7 Å². The number of halogens is 1. The molecule has 0 radical (unpaired) electrons. The Balaban J connectivity index is 1.55. The average molecular weight is 427 g/mol. The van der Waals surface area contributed by atoms with Gasteiger partial charge >= 0.3 is 0 Å². The van der Waals surface area contributed by atoms with Gasteiger partial charge in [0.05, 0.1) is 19.3 Å². The van der Waals surface area contributed by atoms with Crippen LogP contribution in [0.2, 0.25) is 5.02 Å². The SMILES string of the molecule is Cc1cc2oc(C(=O)NCC(c3ccc(Cl)cc3)N3CCOCC3)c(C)c2cc1C. The van der Waals surface area contributed by atoms with Gasteiger partial charge in [0.1, 0.15) is 5.58 Å². The summed E-state index contributed by atoms with van der Waals surface area (Å²) in [7, 11) is 0. The van der Waals surface area contributed by atoms with Crippen LogP contribution in [0, 0.1) is 20.8 Å². The molecule has 5 nitrogen and oxygen atoms in total. The van der Waals surface area contributed by atoms with Gasteiger partial charge < -0.3 is 14.5 Å². The number of morpholine rings is 1. The van der Waals surface area contributed by atoms with Gasteiger partial charge in [-0.2, -0.15) is 0 Å². The molecule has 30 heavy (non-hydrogen) atoms. The first kappa shape index (κ1) is 20.9. The summed E-state index contributed by atoms with van der Waals surface area (Å²) in [5.74, 6) is 0.193. The molecule has 1 aromatic heterocycles. The average Bonchev–Trinajstić information content (AvgIpc) is 3.06. The van der Waals surface area contributed by atoms with E-state index in [2.05, 4.69) is 23.2 Å². The number of nitrogens with one attached hydrogen (secondary N) is 1. The third kappa shape index (κ3) is 4.24. The smallest absolute Gasteiger partial charge is 0.287 e. The van der Waals surface area contributed by atoms with Gasteiger partial charge in [0.2, 0.25) is 0 Å². The molecule has 1 amide bonds. The lowest BCUT2D eigenvalue weighted by molar-refractivity contribution is 0.0161. The van der Waals surface area contributed by atoms with Crippen LogP contribution < -0.4 is 5.32 Å². The lowest BCUT2D eigenvalue weighted by Gasteiger charge is -2.34. The predicted molar refractivity (Wildman–Crippen MR) is 119 cm³/mol. The highest BCUT2D eigenvalue weighted by molar-refractivity contribution is 6.30. The molecule has 2 aromatic carbocycles. The summed E-state index contributed by atoms with van der Waals surface area (Å²) in [6.45, 7) is 9.57. The fraction of sp³-hybridized carbons (Fsp3) is 0.375. The van der Waals surface area contributed by atoms with Crippen LogP contribution in [-0.4, -0.2) is 43.7 Å². The van der Waals surface area contributed by atoms with Crippen molar-refractivity contribution in [2.45, 2.75) is 26.8 Å². The van der Waals surface area contributed by atoms with Crippen LogP contribution in [0.5, 0.6) is 0 Å². The third-order valence-corrected chi connectivity index (χ3v) is 6.21. The number of amides is 1. The van der Waals surface area contributed by atoms with Crippen molar-refractivity contribution in [1.29, 1.82) is 0 Å². The number of furan rings is 1. The second-order valence-corrected chi connectivity index (χ2v) is 8.35. The van der Waals surface area contributed by atoms with E-state index in [1.165, 1.54) is 5.56 Å². The first-order chi connectivity index (χ1) is 14.4. The molecule has 1 N–H and O–H groups in total. The maximum absolute atomic E-state index is 13.0. The number of benzene rings is 2. The zero-order valence-electron chi connectivity index (χ0n) is 17.6. The second kappa shape index (κ2) is 8.80. The number of carbonyl (C=O) groups excluding carboxylic acids is 1. The van der Waals surface area contributed by atoms with Crippen LogP contribution in [0.15, 0.2) is 40.8 Å². The van der Waals surface area contributed by atoms with E-state index < -0.39 is 0 Å². The van der Waals surface area contributed by atoms with Crippen molar-refractivity contribution in [3.8, 4) is 0 Å². The highest BCUT2D eigenvalue weighted by Gasteiger charge is 2.25. The molecule has 158 valence electrons. The Hall–Kier alpha value is -2.34. The van der Waals surface area contributed by atoms with E-state index in [-0.39, 0.29) is 11.9 Å². The minimum absolute atomic E-state index is 0.0456. The van der Waals surface area contributed by atoms with Gasteiger partial charge in [0.25, 0.3) is 5.91 Å². The summed E-state index contributed by atoms with van der Waals surface area (Å²) >= 11 is 6.07. The first-order valence-corrected chi connectivity index (χ1v) is 10.7. The molecule has 1 atom stereocenters. The van der Waals surface area contributed by atoms with E-state index in [1.54, 1.807) is 0 Å². The molecule has 2 heterocycles. The van der Waals surface area contributed by atoms with Gasteiger partial charge in [-0.15, -0.1) is 0 Å². The zero-order chi connectivity index (χ0) is 21.3. The molecule has 6 heteroatoms. The lowest BCUT2D eigenvalue weighted by Crippen LogP contribution is -2.43. The number of nitrogens with zero attached hydrogens (tertiary/aromatic N) is 1. The molecule has 1 aliphatic rings. The van der Waals surface area contributed by atoms with Gasteiger partial charge in [0.15, 0.2) is 5.76 Å². The van der Waals surface area contributed by atoms with Crippen LogP contribution in [0.25, 0.3) is 11.0 Å². The van der Waals surface area contributed by atoms with Gasteiger partial charge in [0, 0.05) is 35.6 Å². The lowest BCUT2D eigenvalue weighted by atomic mass is 10.0. The molecule has 0 spiro atoms. The van der Waals surface area contributed by atoms with Crippen LogP contribution in [0.3, 0.4) is 0 Å². The van der Waals surface area contributed by atoms with E-state index in [0.29, 0.717) is 30.5 Å². The normalized spacial score (nSPS) is 16.0. The number of hydrogen-bond acceptors (Lipinski definition) is 4. The number of ether oxygens (including phenoxy) is 1. The monoisotopic (exact) mass is 426 g/mol. The molecular weight excluding hydrogens is 400 g/mol. The van der Waals surface area contributed by atoms with Crippen molar-refractivity contribution in [3.05, 3.63) is 69.4 Å². The highest BCUT2D eigenvalue weighted by atomic mass is 35.5. The highest BCUT2D eigenvalue weighted by Crippen LogP contribution is 2.28. The predicted octanol–water partition coefficient (Wildman–Crippen LogP) is 4.81. The Kier molecular flexibility index (Phi) is 6.14. The minimum atomic E-state index is -0.189. The van der Waals surface area contributed by atoms with E-state index in [4.69, 9.17) is 20.8 Å². The summed E-state index contributed by atoms with van der Waals surface area (Å²) in [6, 6.07) is 12.0. The van der Waals surface area contributed by atoms with Crippen molar-refractivity contribution >= 4 is 28.5 Å². The Morgan fingerprint density at radius 3 is 2.47 bits per heavy atom. The second-order valence-electron chi connectivity index (χ2n) is 7.91. The van der Waals surface area contributed by atoms with Gasteiger partial charge in [-0.25, -0.2) is 0 Å². The number of aryl methyl sites for hydroxylation is 3. The van der Waals surface area contributed by atoms with E-state index in [0.717, 1.165) is 40.7 Å². The Morgan fingerprint density at radius 1 is 1.10 bits per heavy atom. The van der Waals surface area contributed by atoms with Crippen LogP contribution in [0.4, 0.5) is 0 Å². The minimum Gasteiger partial charge on any atom is -0.451 e. The Morgan fingerprint density at radius 2 is 1.77 bits per heavy atom. The van der Waals surface area contributed by atoms with Gasteiger partial charge in [-0.3, -0.25) is 9.69 Å². The fourth-order valence-corrected chi connectivity index (χ4v) is 4.12. The summed E-state index contributed by atoms with van der Waals surface area (Å²) in [4.78, 5) is 15.3. The van der Waals surface area contributed by atoms with Crippen molar-refractivity contribution < 1.29 is 13.9 Å². The number of carbonyl (C=O) groups is 1. The van der Waals surface area contributed by atoms with E-state index in [1.807, 2.05) is 44.2 Å². The molecule has 1 aliphatic heterocycles. The van der Waals surface area contributed by atoms with Crippen LogP contribution in [0.1, 0.15) is 38.9 Å². The van der Waals surface area contributed by atoms with Crippen molar-refractivity contribution in [3.63, 3.8) is 0 Å². The van der Waals surface area contributed by atoms with Crippen LogP contribution in [-0.2, 0) is 4.74 Å². The summed E-state index contributed by atoms with van der Waals surface area (Å²) in [5, 5.41) is 4.78. The van der Waals surface area contributed by atoms with Crippen molar-refractivity contribution in [2.75, 3.05) is 32.8 Å². The fourth-order valence-electron chi connectivity index (χ4n) is 3.99. The summed E-state index contributed by atoms with van der Waals surface area (Å²) < 4.78 is 11.4. The molecule has 0 aliphatic carbocycles. The van der Waals surface area contributed by atoms with E-state index >= 15 is 0 Å². The number of fused-ring (bicyclic) bond motifs is 1. The summed E-state index contributed by atoms with van der Waals surface area (Å²) in [5.41, 5.74) is 5.09. The molecular formula is C24H27ClN2O3. The topological polar surface area (TPSA) is 54.7 Å². The standard InChI is InChI=1S/C24H27ClN2O3/c1-15-12-20-17(3)23(30-22(20)13-16(15)2)24(28)26-14-21(27-8-10-29-11-9-27)18-4-6-19(25)7-5-18/h4-7,12-13,21H,8-11,14H2,1-3H3,(H,26,28). The quantitative estimate of drug-likeness (QED) is 0.635. The molecule has 3 aromatic rings. The molecule has 1 fully saturated rings. The van der Waals surface area contributed by atoms with Crippen LogP contribution >= 0.6 is 11.6 Å². The maximum atomic E-state index is 13.0. The third-order valence-electron chi connectivity index (χ3n) is 5.96. The number of rotatable bonds is 5. The molecule has 0 bridgehead atoms. The number of hydrogen-bond donors (Lipinski definition) is 1. The Bertz CT molecular complexity index is 1050. The van der Waals surface area contributed by atoms with Gasteiger partial charge in [-0.1, -0.05) is 23.7 Å². The Labute approximate surface area is 181 Å². The largest absolute Gasteiger partial charge is 0.451 e. The maximum Gasteiger partial charge on any atom is 0.287 e. The summed E-state index contributed by atoms with van der Waals surface area (Å²) in [6.07, 6.45) is 0. The zero-order valence-corrected chi connectivity index (χ0v) is 18.4. The molecule has 1 saturated heterocycles. The van der Waals surface area contributed by atoms with Crippen molar-refractivity contribution in [1.82, 2.24) is 10.2 Å². The molecule has 4 rings (SSSR count). The van der Waals surface area contributed by atoms with Crippen molar-refractivity contribution in [2.24, 2.45) is 0 Å². The van der Waals surface area contributed by atoms with E-state index in [9.17, 15) is 4.79 Å². The first-order valence-electron chi connectivity index (χ1n) is 10.3. The molecule has 0 saturated carbocycles. The molecule has 1 unspecified atom stereocenters.